The maximum absolute atomic E-state index is 13.6. The number of allylic oxidation sites excluding steroid dienone is 1. The Hall–Kier alpha value is -5.50. The van der Waals surface area contributed by atoms with Gasteiger partial charge in [0.25, 0.3) is 0 Å². The average molecular weight is 591 g/mol. The fraction of sp³-hybridized carbons (Fsp3) is 0.0909. The van der Waals surface area contributed by atoms with Crippen molar-refractivity contribution in [2.75, 3.05) is 21.5 Å². The van der Waals surface area contributed by atoms with E-state index in [1.165, 1.54) is 6.92 Å². The van der Waals surface area contributed by atoms with Crippen LogP contribution in [0.2, 0.25) is 0 Å². The van der Waals surface area contributed by atoms with Gasteiger partial charge in [-0.3, -0.25) is 19.9 Å². The van der Waals surface area contributed by atoms with Gasteiger partial charge in [0, 0.05) is 40.7 Å². The number of anilines is 3. The van der Waals surface area contributed by atoms with E-state index in [-0.39, 0.29) is 29.0 Å². The first-order valence-electron chi connectivity index (χ1n) is 13.5. The standard InChI is InChI=1S/C33H23ClN4O5/c1-18(40)35-21-10-11-29-20(12-21)13-30(43-29)33(42)36-38-25-9-5-2-6-19(25)14-31(38)37-26-15-28(41)22-7-3-4-8-23(22)32(26)24(16-34)27(37)17-39/h2-15,24,41H,16H2,1H3,(H,35,40)(H,36,42). The molecular weight excluding hydrogens is 568 g/mol. The molecule has 212 valence electrons. The lowest BCUT2D eigenvalue weighted by atomic mass is 9.94. The van der Waals surface area contributed by atoms with Gasteiger partial charge in [-0.1, -0.05) is 42.5 Å². The first-order valence-corrected chi connectivity index (χ1v) is 14.0. The molecule has 0 spiro atoms. The molecule has 0 bridgehead atoms. The van der Waals surface area contributed by atoms with Gasteiger partial charge in [0.1, 0.15) is 28.8 Å². The Morgan fingerprint density at radius 2 is 1.74 bits per heavy atom. The molecule has 0 saturated carbocycles. The van der Waals surface area contributed by atoms with Crippen molar-refractivity contribution < 1.29 is 23.9 Å². The number of nitrogens with zero attached hydrogens (tertiary/aromatic N) is 2. The predicted octanol–water partition coefficient (Wildman–Crippen LogP) is 6.78. The highest BCUT2D eigenvalue weighted by molar-refractivity contribution is 6.19. The number of nitrogens with one attached hydrogen (secondary N) is 2. The molecule has 7 rings (SSSR count). The van der Waals surface area contributed by atoms with E-state index < -0.39 is 11.8 Å². The topological polar surface area (TPSA) is 117 Å². The molecule has 2 amide bonds. The summed E-state index contributed by atoms with van der Waals surface area (Å²) < 4.78 is 7.42. The molecule has 10 heteroatoms. The number of aromatic nitrogens is 1. The molecule has 1 aliphatic rings. The van der Waals surface area contributed by atoms with Crippen molar-refractivity contribution >= 4 is 79.2 Å². The van der Waals surface area contributed by atoms with Gasteiger partial charge in [-0.2, -0.15) is 0 Å². The lowest BCUT2D eigenvalue weighted by molar-refractivity contribution is -0.114. The van der Waals surface area contributed by atoms with Gasteiger partial charge in [-0.15, -0.1) is 11.6 Å². The molecule has 0 radical (unpaired) electrons. The summed E-state index contributed by atoms with van der Waals surface area (Å²) in [6, 6.07) is 25.0. The molecule has 3 N–H and O–H groups in total. The van der Waals surface area contributed by atoms with Crippen molar-refractivity contribution in [1.82, 2.24) is 4.68 Å². The summed E-state index contributed by atoms with van der Waals surface area (Å²) in [5, 5.41) is 16.5. The van der Waals surface area contributed by atoms with E-state index in [1.807, 2.05) is 54.6 Å². The number of hydrogen-bond donors (Lipinski definition) is 3. The molecule has 43 heavy (non-hydrogen) atoms. The Morgan fingerprint density at radius 3 is 2.51 bits per heavy atom. The van der Waals surface area contributed by atoms with E-state index in [9.17, 15) is 19.5 Å². The number of alkyl halides is 1. The molecule has 4 aromatic carbocycles. The Bertz CT molecular complexity index is 2180. The maximum Gasteiger partial charge on any atom is 0.305 e. The molecule has 3 heterocycles. The summed E-state index contributed by atoms with van der Waals surface area (Å²) in [5.41, 5.74) is 6.26. The maximum atomic E-state index is 13.6. The number of phenolic OH excluding ortho intramolecular Hbond substituents is 1. The van der Waals surface area contributed by atoms with E-state index in [4.69, 9.17) is 16.0 Å². The number of aromatic hydroxyl groups is 1. The first kappa shape index (κ1) is 26.4. The summed E-state index contributed by atoms with van der Waals surface area (Å²) in [6.07, 6.45) is 0. The minimum Gasteiger partial charge on any atom is -0.507 e. The number of carbonyl (C=O) groups excluding carboxylic acids is 3. The molecule has 0 saturated heterocycles. The van der Waals surface area contributed by atoms with Gasteiger partial charge in [0.05, 0.1) is 17.1 Å². The number of para-hydroxylation sites is 1. The molecule has 0 aliphatic carbocycles. The minimum absolute atomic E-state index is 0.0485. The van der Waals surface area contributed by atoms with Crippen LogP contribution in [0.4, 0.5) is 17.2 Å². The van der Waals surface area contributed by atoms with Crippen molar-refractivity contribution in [2.24, 2.45) is 0 Å². The van der Waals surface area contributed by atoms with Crippen LogP contribution in [0.3, 0.4) is 0 Å². The number of amides is 2. The van der Waals surface area contributed by atoms with Gasteiger partial charge in [-0.25, -0.2) is 9.47 Å². The second-order valence-electron chi connectivity index (χ2n) is 10.3. The molecule has 6 aromatic rings. The quantitative estimate of drug-likeness (QED) is 0.151. The number of fused-ring (bicyclic) bond motifs is 5. The highest BCUT2D eigenvalue weighted by atomic mass is 35.5. The lowest BCUT2D eigenvalue weighted by Gasteiger charge is -2.23. The number of carbonyl (C=O) groups is 2. The van der Waals surface area contributed by atoms with Crippen LogP contribution in [0, 0.1) is 0 Å². The van der Waals surface area contributed by atoms with Crippen LogP contribution in [0.25, 0.3) is 32.6 Å². The predicted molar refractivity (Wildman–Crippen MR) is 167 cm³/mol. The second kappa shape index (κ2) is 10.1. The van der Waals surface area contributed by atoms with Crippen LogP contribution in [-0.4, -0.2) is 33.4 Å². The van der Waals surface area contributed by atoms with Crippen molar-refractivity contribution in [3.05, 3.63) is 102 Å². The van der Waals surface area contributed by atoms with Gasteiger partial charge in [0.2, 0.25) is 5.91 Å². The number of rotatable bonds is 5. The van der Waals surface area contributed by atoms with E-state index in [0.29, 0.717) is 39.1 Å². The van der Waals surface area contributed by atoms with Crippen LogP contribution in [0.5, 0.6) is 5.75 Å². The van der Waals surface area contributed by atoms with Crippen LogP contribution in [0.15, 0.2) is 95.0 Å². The fourth-order valence-electron chi connectivity index (χ4n) is 5.87. The van der Waals surface area contributed by atoms with Crippen molar-refractivity contribution in [1.29, 1.82) is 0 Å². The second-order valence-corrected chi connectivity index (χ2v) is 10.6. The first-order chi connectivity index (χ1) is 20.9. The molecule has 2 aromatic heterocycles. The summed E-state index contributed by atoms with van der Waals surface area (Å²) in [5.74, 6) is 1.49. The van der Waals surface area contributed by atoms with Crippen LogP contribution >= 0.6 is 11.6 Å². The molecule has 9 nitrogen and oxygen atoms in total. The number of hydrogen-bond acceptors (Lipinski definition) is 6. The number of phenols is 1. The number of halogens is 1. The van der Waals surface area contributed by atoms with Gasteiger partial charge < -0.3 is 14.8 Å². The van der Waals surface area contributed by atoms with Crippen LogP contribution < -0.4 is 15.6 Å². The summed E-state index contributed by atoms with van der Waals surface area (Å²) >= 11 is 6.46. The Kier molecular flexibility index (Phi) is 6.20. The Labute approximate surface area is 249 Å². The number of furan rings is 1. The number of benzene rings is 4. The Morgan fingerprint density at radius 1 is 0.977 bits per heavy atom. The molecule has 1 aliphatic heterocycles. The smallest absolute Gasteiger partial charge is 0.305 e. The Balaban J connectivity index is 1.37. The summed E-state index contributed by atoms with van der Waals surface area (Å²) in [6.45, 7) is 1.42. The van der Waals surface area contributed by atoms with E-state index in [0.717, 1.165) is 16.3 Å². The van der Waals surface area contributed by atoms with E-state index >= 15 is 0 Å². The monoisotopic (exact) mass is 590 g/mol. The van der Waals surface area contributed by atoms with Gasteiger partial charge in [0.15, 0.2) is 5.76 Å². The SMILES string of the molecule is CC(=O)Nc1ccc2oc(C(=O)Nn3c(N4C(=C=O)C(CCl)c5c4cc(O)c4ccccc54)cc4ccccc43)cc2c1. The van der Waals surface area contributed by atoms with Crippen molar-refractivity contribution in [3.8, 4) is 5.75 Å². The van der Waals surface area contributed by atoms with E-state index in [2.05, 4.69) is 16.7 Å². The normalized spacial score (nSPS) is 14.3. The molecule has 1 atom stereocenters. The highest BCUT2D eigenvalue weighted by Gasteiger charge is 2.39. The van der Waals surface area contributed by atoms with Gasteiger partial charge >= 0.3 is 5.91 Å². The average Bonchev–Trinajstić information content (AvgIpc) is 3.68. The van der Waals surface area contributed by atoms with Crippen molar-refractivity contribution in [2.45, 2.75) is 12.8 Å². The zero-order valence-corrected chi connectivity index (χ0v) is 23.5. The lowest BCUT2D eigenvalue weighted by Crippen LogP contribution is -2.27. The third kappa shape index (κ3) is 4.22. The molecular formula is C33H23ClN4O5. The van der Waals surface area contributed by atoms with Gasteiger partial charge in [-0.05, 0) is 47.3 Å². The summed E-state index contributed by atoms with van der Waals surface area (Å²) in [7, 11) is 0. The third-order valence-corrected chi connectivity index (χ3v) is 7.96. The third-order valence-electron chi connectivity index (χ3n) is 7.66. The zero-order chi connectivity index (χ0) is 29.8. The van der Waals surface area contributed by atoms with E-state index in [1.54, 1.807) is 39.9 Å². The molecule has 1 unspecified atom stereocenters. The summed E-state index contributed by atoms with van der Waals surface area (Å²) in [4.78, 5) is 39.4. The fourth-order valence-corrected chi connectivity index (χ4v) is 6.17. The highest BCUT2D eigenvalue weighted by Crippen LogP contribution is 2.52. The zero-order valence-electron chi connectivity index (χ0n) is 22.7. The minimum atomic E-state index is -0.536. The van der Waals surface area contributed by atoms with Crippen molar-refractivity contribution in [3.63, 3.8) is 0 Å². The van der Waals surface area contributed by atoms with Crippen LogP contribution in [-0.2, 0) is 9.59 Å². The molecule has 0 fully saturated rings. The van der Waals surface area contributed by atoms with Crippen LogP contribution in [0.1, 0.15) is 29.0 Å². The largest absolute Gasteiger partial charge is 0.507 e.